The summed E-state index contributed by atoms with van der Waals surface area (Å²) in [5.41, 5.74) is 10.0. The third-order valence-corrected chi connectivity index (χ3v) is 7.09. The van der Waals surface area contributed by atoms with Crippen molar-refractivity contribution in [2.24, 2.45) is 0 Å². The zero-order chi connectivity index (χ0) is 28.4. The van der Waals surface area contributed by atoms with Crippen LogP contribution in [-0.4, -0.2) is 15.0 Å². The molecule has 0 aliphatic carbocycles. The second kappa shape index (κ2) is 12.4. The summed E-state index contributed by atoms with van der Waals surface area (Å²) in [5.74, 6) is 0. The average molecular weight is 714 g/mol. The second-order valence-corrected chi connectivity index (χ2v) is 11.5. The predicted molar refractivity (Wildman–Crippen MR) is 167 cm³/mol. The molecule has 0 saturated heterocycles. The molecule has 0 aliphatic rings. The van der Waals surface area contributed by atoms with E-state index in [1.807, 2.05) is 43.6 Å². The Balaban J connectivity index is 0.000000200. The van der Waals surface area contributed by atoms with Crippen LogP contribution in [0.15, 0.2) is 85.2 Å². The molecule has 0 amide bonds. The number of hydrogen-bond acceptors (Lipinski definition) is 3. The van der Waals surface area contributed by atoms with Crippen molar-refractivity contribution in [2.75, 3.05) is 0 Å². The molecule has 209 valence electrons. The van der Waals surface area contributed by atoms with Crippen molar-refractivity contribution in [1.29, 1.82) is 0 Å². The number of rotatable bonds is 2. The first-order chi connectivity index (χ1) is 19.1. The zero-order valence-electron chi connectivity index (χ0n) is 24.8. The summed E-state index contributed by atoms with van der Waals surface area (Å²) in [5, 5.41) is 4.83. The number of hydrogen-bond donors (Lipinski definition) is 0. The van der Waals surface area contributed by atoms with Crippen LogP contribution in [0.4, 0.5) is 0 Å². The van der Waals surface area contributed by atoms with Crippen LogP contribution in [-0.2, 0) is 25.5 Å². The minimum Gasteiger partial charge on any atom is -0.305 e. The first-order valence-electron chi connectivity index (χ1n) is 13.7. The largest absolute Gasteiger partial charge is 0.305 e. The Morgan fingerprint density at radius 2 is 1.44 bits per heavy atom. The maximum absolute atomic E-state index is 4.66. The number of fused-ring (bicyclic) bond motifs is 3. The van der Waals surface area contributed by atoms with Crippen molar-refractivity contribution in [3.05, 3.63) is 125 Å². The molecule has 3 aromatic heterocycles. The van der Waals surface area contributed by atoms with E-state index >= 15 is 0 Å². The van der Waals surface area contributed by atoms with Crippen molar-refractivity contribution in [3.8, 4) is 22.5 Å². The van der Waals surface area contributed by atoms with E-state index in [0.717, 1.165) is 44.9 Å². The van der Waals surface area contributed by atoms with Gasteiger partial charge in [0.15, 0.2) is 0 Å². The number of nitrogens with zero attached hydrogens (tertiary/aromatic N) is 3. The Bertz CT molecular complexity index is 1800. The van der Waals surface area contributed by atoms with E-state index < -0.39 is 0 Å². The average Bonchev–Trinajstić information content (AvgIpc) is 2.92. The van der Waals surface area contributed by atoms with Gasteiger partial charge in [0, 0.05) is 49.3 Å². The van der Waals surface area contributed by atoms with Crippen LogP contribution in [0.25, 0.3) is 44.1 Å². The zero-order valence-corrected chi connectivity index (χ0v) is 27.2. The molecule has 3 nitrogen and oxygen atoms in total. The van der Waals surface area contributed by atoms with Gasteiger partial charge in [0.25, 0.3) is 0 Å². The van der Waals surface area contributed by atoms with Crippen LogP contribution in [0.3, 0.4) is 0 Å². The molecule has 6 rings (SSSR count). The molecule has 0 unspecified atom stereocenters. The quantitative estimate of drug-likeness (QED) is 0.133. The Kier molecular flexibility index (Phi) is 9.17. The number of benzene rings is 3. The van der Waals surface area contributed by atoms with Gasteiger partial charge in [-0.1, -0.05) is 52.8 Å². The van der Waals surface area contributed by atoms with E-state index in [2.05, 4.69) is 117 Å². The maximum Gasteiger partial charge on any atom is 0.0454 e. The van der Waals surface area contributed by atoms with Crippen LogP contribution in [0.1, 0.15) is 48.8 Å². The van der Waals surface area contributed by atoms with Gasteiger partial charge in [-0.25, -0.2) is 0 Å². The summed E-state index contributed by atoms with van der Waals surface area (Å²) in [6.07, 6.45) is 3.77. The van der Waals surface area contributed by atoms with Gasteiger partial charge in [0.05, 0.1) is 0 Å². The topological polar surface area (TPSA) is 38.7 Å². The number of aromatic nitrogens is 3. The maximum atomic E-state index is 4.66. The van der Waals surface area contributed by atoms with Crippen LogP contribution in [0.2, 0.25) is 0 Å². The Morgan fingerprint density at radius 3 is 2.15 bits per heavy atom. The Hall–Kier alpha value is -3.72. The van der Waals surface area contributed by atoms with E-state index in [1.54, 1.807) is 0 Å². The van der Waals surface area contributed by atoms with E-state index in [1.165, 1.54) is 27.3 Å². The third-order valence-electron chi connectivity index (χ3n) is 7.09. The summed E-state index contributed by atoms with van der Waals surface area (Å²) < 4.78 is 0. The van der Waals surface area contributed by atoms with E-state index in [9.17, 15) is 0 Å². The Labute approximate surface area is 257 Å². The van der Waals surface area contributed by atoms with Crippen molar-refractivity contribution in [3.63, 3.8) is 0 Å². The van der Waals surface area contributed by atoms with E-state index in [4.69, 9.17) is 0 Å². The monoisotopic (exact) mass is 714 g/mol. The smallest absolute Gasteiger partial charge is 0.0454 e. The molecule has 3 aromatic carbocycles. The predicted octanol–water partition coefficient (Wildman–Crippen LogP) is 9.33. The molecule has 0 aliphatic heterocycles. The molecule has 6 aromatic rings. The van der Waals surface area contributed by atoms with E-state index in [0.29, 0.717) is 0 Å². The van der Waals surface area contributed by atoms with Crippen LogP contribution in [0.5, 0.6) is 0 Å². The fourth-order valence-electron chi connectivity index (χ4n) is 5.15. The molecular formula is C37H35IrN3-2. The normalized spacial score (nSPS) is 11.1. The molecule has 3 heterocycles. The summed E-state index contributed by atoms with van der Waals surface area (Å²) in [7, 11) is 0. The van der Waals surface area contributed by atoms with Crippen molar-refractivity contribution >= 4 is 21.5 Å². The SMILES string of the molecule is CC(C)(C)c1ccnc(-c2[c-]cccc2)c1.Cc1[c-]c(-c2nccc3c2ccc2c(C)nc(C)cc23)cc(C)c1.[Ir]. The summed E-state index contributed by atoms with van der Waals surface area (Å²) in [6.45, 7) is 14.9. The molecular weight excluding hydrogens is 679 g/mol. The van der Waals surface area contributed by atoms with Crippen molar-refractivity contribution in [2.45, 2.75) is 53.9 Å². The second-order valence-electron chi connectivity index (χ2n) is 11.5. The fraction of sp³-hybridized carbons (Fsp3) is 0.216. The molecule has 0 spiro atoms. The minimum atomic E-state index is 0. The van der Waals surface area contributed by atoms with Gasteiger partial charge in [0.1, 0.15) is 0 Å². The summed E-state index contributed by atoms with van der Waals surface area (Å²) in [4.78, 5) is 13.6. The minimum absolute atomic E-state index is 0. The molecule has 0 atom stereocenters. The molecule has 0 saturated carbocycles. The molecule has 0 fully saturated rings. The van der Waals surface area contributed by atoms with Crippen LogP contribution in [0, 0.1) is 39.8 Å². The van der Waals surface area contributed by atoms with Crippen LogP contribution < -0.4 is 0 Å². The van der Waals surface area contributed by atoms with Gasteiger partial charge >= 0.3 is 0 Å². The van der Waals surface area contributed by atoms with Gasteiger partial charge in [-0.05, 0) is 70.6 Å². The first kappa shape index (κ1) is 30.2. The molecule has 1 radical (unpaired) electrons. The summed E-state index contributed by atoms with van der Waals surface area (Å²) in [6, 6.07) is 31.7. The summed E-state index contributed by atoms with van der Waals surface area (Å²) >= 11 is 0. The van der Waals surface area contributed by atoms with Gasteiger partial charge < -0.3 is 9.97 Å². The fourth-order valence-corrected chi connectivity index (χ4v) is 5.15. The molecule has 4 heteroatoms. The van der Waals surface area contributed by atoms with Gasteiger partial charge in [-0.15, -0.1) is 70.8 Å². The van der Waals surface area contributed by atoms with Gasteiger partial charge in [0.2, 0.25) is 0 Å². The van der Waals surface area contributed by atoms with E-state index in [-0.39, 0.29) is 25.5 Å². The van der Waals surface area contributed by atoms with Crippen molar-refractivity contribution in [1.82, 2.24) is 15.0 Å². The molecule has 0 N–H and O–H groups in total. The Morgan fingerprint density at radius 1 is 0.683 bits per heavy atom. The molecule has 41 heavy (non-hydrogen) atoms. The number of aryl methyl sites for hydroxylation is 4. The van der Waals surface area contributed by atoms with Crippen molar-refractivity contribution < 1.29 is 20.1 Å². The standard InChI is InChI=1S/C22H19N2.C15H16N.Ir/c1-13-9-14(2)11-17(10-13)22-20-6-5-18-16(4)24-15(3)12-21(18)19(20)7-8-23-22;1-15(2,3)13-9-10-16-14(11-13)12-7-5-4-6-8-12;/h5-10,12H,1-4H3;4-7,9-11H,1-3H3;/q2*-1;. The third kappa shape index (κ3) is 6.78. The van der Waals surface area contributed by atoms with Gasteiger partial charge in [-0.3, -0.25) is 4.98 Å². The molecule has 0 bridgehead atoms. The van der Waals surface area contributed by atoms with Crippen LogP contribution >= 0.6 is 0 Å². The number of pyridine rings is 3. The first-order valence-corrected chi connectivity index (χ1v) is 13.7. The van der Waals surface area contributed by atoms with Gasteiger partial charge in [-0.2, -0.15) is 0 Å².